The van der Waals surface area contributed by atoms with Crippen LogP contribution in [0.1, 0.15) is 46.0 Å². The Hall–Kier alpha value is -2.49. The van der Waals surface area contributed by atoms with E-state index in [0.717, 1.165) is 32.1 Å². The molecule has 4 aliphatic heterocycles. The minimum Gasteiger partial charge on any atom is -0.376 e. The molecular weight excluding hydrogens is 525 g/mol. The van der Waals surface area contributed by atoms with Gasteiger partial charge in [0.2, 0.25) is 17.7 Å². The Bertz CT molecular complexity index is 1210. The first kappa shape index (κ1) is 26.7. The van der Waals surface area contributed by atoms with Gasteiger partial charge in [0, 0.05) is 24.9 Å². The Labute approximate surface area is 232 Å². The zero-order chi connectivity index (χ0) is 27.5. The minimum absolute atomic E-state index is 0.0151. The first-order valence-electron chi connectivity index (χ1n) is 14.0. The van der Waals surface area contributed by atoms with Gasteiger partial charge in [0.15, 0.2) is 0 Å². The summed E-state index contributed by atoms with van der Waals surface area (Å²) in [7, 11) is 0. The maximum atomic E-state index is 14.1. The maximum Gasteiger partial charge on any atom is 0.246 e. The van der Waals surface area contributed by atoms with Crippen LogP contribution in [0, 0.1) is 29.5 Å². The monoisotopic (exact) mass is 559 g/mol. The van der Waals surface area contributed by atoms with Gasteiger partial charge in [-0.3, -0.25) is 14.4 Å². The second-order valence-electron chi connectivity index (χ2n) is 11.8. The smallest absolute Gasteiger partial charge is 0.246 e. The van der Waals surface area contributed by atoms with Gasteiger partial charge in [-0.1, -0.05) is 50.4 Å². The Kier molecular flexibility index (Phi) is 6.96. The number of halogens is 2. The second kappa shape index (κ2) is 10.2. The summed E-state index contributed by atoms with van der Waals surface area (Å²) < 4.78 is 25.9. The van der Waals surface area contributed by atoms with Crippen molar-refractivity contribution in [2.75, 3.05) is 18.5 Å². The van der Waals surface area contributed by atoms with Crippen molar-refractivity contribution in [1.29, 1.82) is 0 Å². The number of carbonyl (C=O) groups excluding carboxylic acids is 3. The molecule has 9 atom stereocenters. The maximum absolute atomic E-state index is 14.1. The molecule has 39 heavy (non-hydrogen) atoms. The predicted molar refractivity (Wildman–Crippen MR) is 142 cm³/mol. The molecule has 5 aliphatic rings. The quantitative estimate of drug-likeness (QED) is 0.518. The predicted octanol–water partition coefficient (Wildman–Crippen LogP) is 3.69. The Morgan fingerprint density at radius 3 is 2.74 bits per heavy atom. The van der Waals surface area contributed by atoms with Crippen LogP contribution in [-0.2, 0) is 23.9 Å². The fourth-order valence-corrected chi connectivity index (χ4v) is 7.50. The van der Waals surface area contributed by atoms with Crippen molar-refractivity contribution < 1.29 is 28.2 Å². The highest BCUT2D eigenvalue weighted by Crippen LogP contribution is 2.55. The normalized spacial score (nSPS) is 38.8. The fraction of sp³-hybridized carbons (Fsp3) is 0.621. The van der Waals surface area contributed by atoms with Crippen molar-refractivity contribution >= 4 is 35.0 Å². The molecule has 3 saturated heterocycles. The fourth-order valence-electron chi connectivity index (χ4n) is 7.32. The van der Waals surface area contributed by atoms with Crippen LogP contribution in [0.4, 0.5) is 10.1 Å². The third-order valence-electron chi connectivity index (χ3n) is 9.57. The van der Waals surface area contributed by atoms with Crippen molar-refractivity contribution in [2.45, 2.75) is 75.8 Å². The van der Waals surface area contributed by atoms with Gasteiger partial charge in [0.05, 0.1) is 29.1 Å². The average molecular weight is 560 g/mol. The molecule has 0 aromatic heterocycles. The van der Waals surface area contributed by atoms with Crippen molar-refractivity contribution in [3.05, 3.63) is 41.2 Å². The first-order chi connectivity index (χ1) is 18.7. The van der Waals surface area contributed by atoms with E-state index in [-0.39, 0.29) is 35.5 Å². The zero-order valence-electron chi connectivity index (χ0n) is 22.2. The summed E-state index contributed by atoms with van der Waals surface area (Å²) in [5.74, 6) is -2.43. The highest BCUT2D eigenvalue weighted by molar-refractivity contribution is 6.31. The van der Waals surface area contributed by atoms with Gasteiger partial charge in [-0.2, -0.15) is 0 Å². The van der Waals surface area contributed by atoms with Crippen molar-refractivity contribution in [3.8, 4) is 0 Å². The number of rotatable bonds is 6. The van der Waals surface area contributed by atoms with E-state index in [1.165, 1.54) is 18.2 Å². The van der Waals surface area contributed by atoms with Crippen LogP contribution in [0.2, 0.25) is 5.02 Å². The largest absolute Gasteiger partial charge is 0.376 e. The Morgan fingerprint density at radius 2 is 2.00 bits per heavy atom. The summed E-state index contributed by atoms with van der Waals surface area (Å²) in [5, 5.41) is 5.92. The lowest BCUT2D eigenvalue weighted by molar-refractivity contribution is -0.143. The van der Waals surface area contributed by atoms with Gasteiger partial charge in [0.25, 0.3) is 0 Å². The third-order valence-corrected chi connectivity index (χ3v) is 9.86. The molecular formula is C29H35ClFN3O5. The molecule has 210 valence electrons. The zero-order valence-corrected chi connectivity index (χ0v) is 23.0. The number of nitrogens with zero attached hydrogens (tertiary/aromatic N) is 1. The van der Waals surface area contributed by atoms with E-state index in [9.17, 15) is 18.8 Å². The van der Waals surface area contributed by atoms with Crippen molar-refractivity contribution in [2.24, 2.45) is 23.7 Å². The number of nitrogens with one attached hydrogen (secondary N) is 2. The molecule has 1 saturated carbocycles. The van der Waals surface area contributed by atoms with Crippen LogP contribution in [0.5, 0.6) is 0 Å². The summed E-state index contributed by atoms with van der Waals surface area (Å²) in [6.07, 6.45) is 7.56. The highest BCUT2D eigenvalue weighted by atomic mass is 35.5. The molecule has 10 heteroatoms. The van der Waals surface area contributed by atoms with Crippen LogP contribution >= 0.6 is 11.6 Å². The average Bonchev–Trinajstić information content (AvgIpc) is 3.67. The molecule has 8 nitrogen and oxygen atoms in total. The van der Waals surface area contributed by atoms with Gasteiger partial charge in [-0.25, -0.2) is 4.39 Å². The lowest BCUT2D eigenvalue weighted by atomic mass is 9.73. The molecule has 1 aromatic carbocycles. The third kappa shape index (κ3) is 4.46. The number of likely N-dealkylation sites (tertiary alicyclic amines) is 1. The number of anilines is 1. The van der Waals surface area contributed by atoms with Crippen LogP contribution < -0.4 is 10.6 Å². The SMILES string of the molecule is C[C@@H]1[C@H](C)CCC[C@@H]1NC(=O)[C@@H]1N(C[C@@H]2CCCO2)C(=O)[C@H]2[C@@H](C(=O)Nc3ccc(F)c(Cl)c3)[C@H]3C=C[C@@]12O3. The van der Waals surface area contributed by atoms with E-state index in [1.807, 2.05) is 6.08 Å². The van der Waals surface area contributed by atoms with Gasteiger partial charge >= 0.3 is 0 Å². The highest BCUT2D eigenvalue weighted by Gasteiger charge is 2.73. The number of carbonyl (C=O) groups is 3. The van der Waals surface area contributed by atoms with E-state index in [1.54, 1.807) is 11.0 Å². The number of hydrogen-bond donors (Lipinski definition) is 2. The van der Waals surface area contributed by atoms with Crippen LogP contribution in [-0.4, -0.2) is 65.7 Å². The van der Waals surface area contributed by atoms with Crippen molar-refractivity contribution in [1.82, 2.24) is 10.2 Å². The summed E-state index contributed by atoms with van der Waals surface area (Å²) in [5.41, 5.74) is -0.917. The summed E-state index contributed by atoms with van der Waals surface area (Å²) in [4.78, 5) is 43.3. The molecule has 4 fully saturated rings. The molecule has 2 bridgehead atoms. The number of ether oxygens (including phenoxy) is 2. The molecule has 6 rings (SSSR count). The first-order valence-corrected chi connectivity index (χ1v) is 14.4. The summed E-state index contributed by atoms with van der Waals surface area (Å²) >= 11 is 5.91. The molecule has 1 aliphatic carbocycles. The number of benzene rings is 1. The number of fused-ring (bicyclic) bond motifs is 1. The van der Waals surface area contributed by atoms with Crippen molar-refractivity contribution in [3.63, 3.8) is 0 Å². The van der Waals surface area contributed by atoms with Crippen LogP contribution in [0.15, 0.2) is 30.4 Å². The molecule has 1 aromatic rings. The van der Waals surface area contributed by atoms with Gasteiger partial charge in [0.1, 0.15) is 17.5 Å². The topological polar surface area (TPSA) is 97.0 Å². The van der Waals surface area contributed by atoms with Crippen LogP contribution in [0.25, 0.3) is 0 Å². The second-order valence-corrected chi connectivity index (χ2v) is 12.2. The lowest BCUT2D eigenvalue weighted by Gasteiger charge is -2.38. The number of hydrogen-bond acceptors (Lipinski definition) is 5. The van der Waals surface area contributed by atoms with E-state index in [4.69, 9.17) is 21.1 Å². The molecule has 2 N–H and O–H groups in total. The standard InChI is InChI=1S/C29H35ClFN3O5/c1-15-5-3-7-21(16(15)2)33-27(36)25-29-11-10-22(39-29)23(26(35)32-17-8-9-20(31)19(30)13-17)24(29)28(37)34(25)14-18-6-4-12-38-18/h8-11,13,15-16,18,21-25H,3-7,12,14H2,1-2H3,(H,32,35)(H,33,36)/t15-,16-,18+,21+,22-,23+,24-,25+,29+/m1/s1. The van der Waals surface area contributed by atoms with E-state index in [0.29, 0.717) is 24.1 Å². The Morgan fingerprint density at radius 1 is 1.18 bits per heavy atom. The van der Waals surface area contributed by atoms with E-state index in [2.05, 4.69) is 24.5 Å². The molecule has 3 amide bonds. The van der Waals surface area contributed by atoms with Gasteiger partial charge in [-0.15, -0.1) is 0 Å². The van der Waals surface area contributed by atoms with E-state index >= 15 is 0 Å². The minimum atomic E-state index is -1.24. The number of amides is 3. The molecule has 0 unspecified atom stereocenters. The summed E-state index contributed by atoms with van der Waals surface area (Å²) in [6, 6.07) is 3.04. The lowest BCUT2D eigenvalue weighted by Crippen LogP contribution is -2.58. The van der Waals surface area contributed by atoms with Gasteiger partial charge < -0.3 is 25.0 Å². The van der Waals surface area contributed by atoms with Gasteiger partial charge in [-0.05, 0) is 49.3 Å². The van der Waals surface area contributed by atoms with Crippen LogP contribution in [0.3, 0.4) is 0 Å². The van der Waals surface area contributed by atoms with E-state index < -0.39 is 41.3 Å². The molecule has 4 heterocycles. The molecule has 1 spiro atoms. The Balaban J connectivity index is 1.29. The summed E-state index contributed by atoms with van der Waals surface area (Å²) in [6.45, 7) is 5.27. The molecule has 0 radical (unpaired) electrons.